The molecule has 0 unspecified atom stereocenters. The summed E-state index contributed by atoms with van der Waals surface area (Å²) in [6, 6.07) is 8.65. The van der Waals surface area contributed by atoms with Crippen LogP contribution in [0.15, 0.2) is 24.3 Å². The van der Waals surface area contributed by atoms with Crippen LogP contribution < -0.4 is 5.32 Å². The van der Waals surface area contributed by atoms with E-state index in [9.17, 15) is 4.79 Å². The lowest BCUT2D eigenvalue weighted by atomic mass is 9.76. The predicted octanol–water partition coefficient (Wildman–Crippen LogP) is 3.65. The fourth-order valence-electron chi connectivity index (χ4n) is 4.54. The average Bonchev–Trinajstić information content (AvgIpc) is 3.11. The number of hydrogen-bond donors (Lipinski definition) is 1. The monoisotopic (exact) mass is 328 g/mol. The molecule has 1 N–H and O–H groups in total. The number of hydrogen-bond acceptors (Lipinski definition) is 2. The normalized spacial score (nSPS) is 21.2. The zero-order chi connectivity index (χ0) is 17.0. The summed E-state index contributed by atoms with van der Waals surface area (Å²) in [5.74, 6) is 1.12. The van der Waals surface area contributed by atoms with E-state index in [2.05, 4.69) is 48.3 Å². The minimum atomic E-state index is -0.249. The van der Waals surface area contributed by atoms with Gasteiger partial charge in [-0.05, 0) is 57.2 Å². The number of likely N-dealkylation sites (tertiary alicyclic amines) is 1. The molecule has 1 heterocycles. The van der Waals surface area contributed by atoms with Crippen LogP contribution in [0.3, 0.4) is 0 Å². The first kappa shape index (κ1) is 17.5. The number of amides is 1. The molecule has 1 amide bonds. The van der Waals surface area contributed by atoms with Crippen LogP contribution in [0.1, 0.15) is 56.6 Å². The zero-order valence-electron chi connectivity index (χ0n) is 15.3. The van der Waals surface area contributed by atoms with Crippen LogP contribution in [-0.2, 0) is 10.2 Å². The van der Waals surface area contributed by atoms with E-state index < -0.39 is 0 Å². The molecule has 1 aromatic carbocycles. The molecule has 3 rings (SSSR count). The van der Waals surface area contributed by atoms with Crippen LogP contribution in [0, 0.1) is 12.8 Å². The number of carbonyl (C=O) groups excluding carboxylic acids is 1. The fourth-order valence-corrected chi connectivity index (χ4v) is 4.54. The molecule has 0 spiro atoms. The molecule has 1 saturated heterocycles. The van der Waals surface area contributed by atoms with Gasteiger partial charge in [0.1, 0.15) is 0 Å². The number of aryl methyl sites for hydroxylation is 1. The van der Waals surface area contributed by atoms with E-state index in [1.165, 1.54) is 24.0 Å². The average molecular weight is 329 g/mol. The molecule has 24 heavy (non-hydrogen) atoms. The van der Waals surface area contributed by atoms with Gasteiger partial charge in [0.2, 0.25) is 5.91 Å². The Labute approximate surface area is 146 Å². The van der Waals surface area contributed by atoms with E-state index in [0.717, 1.165) is 57.8 Å². The molecule has 2 aliphatic rings. The maximum Gasteiger partial charge on any atom is 0.233 e. The van der Waals surface area contributed by atoms with Crippen molar-refractivity contribution in [3.8, 4) is 0 Å². The molecular weight excluding hydrogens is 296 g/mol. The van der Waals surface area contributed by atoms with Crippen molar-refractivity contribution in [2.45, 2.75) is 57.8 Å². The van der Waals surface area contributed by atoms with Crippen molar-refractivity contribution in [2.75, 3.05) is 26.2 Å². The third-order valence-electron chi connectivity index (χ3n) is 6.02. The third-order valence-corrected chi connectivity index (χ3v) is 6.02. The quantitative estimate of drug-likeness (QED) is 0.895. The minimum Gasteiger partial charge on any atom is -0.342 e. The number of rotatable bonds is 5. The Morgan fingerprint density at radius 3 is 2.58 bits per heavy atom. The smallest absolute Gasteiger partial charge is 0.233 e. The van der Waals surface area contributed by atoms with E-state index in [1.807, 2.05) is 0 Å². The van der Waals surface area contributed by atoms with Crippen molar-refractivity contribution in [1.82, 2.24) is 10.2 Å². The minimum absolute atomic E-state index is 0.249. The summed E-state index contributed by atoms with van der Waals surface area (Å²) < 4.78 is 0. The summed E-state index contributed by atoms with van der Waals surface area (Å²) in [6.07, 6.45) is 6.68. The number of carbonyl (C=O) groups is 1. The highest BCUT2D eigenvalue weighted by molar-refractivity contribution is 5.88. The van der Waals surface area contributed by atoms with Gasteiger partial charge in [0.15, 0.2) is 0 Å². The molecule has 1 aliphatic heterocycles. The van der Waals surface area contributed by atoms with Gasteiger partial charge >= 0.3 is 0 Å². The third kappa shape index (κ3) is 3.51. The van der Waals surface area contributed by atoms with Gasteiger partial charge in [0.05, 0.1) is 5.41 Å². The molecule has 0 bridgehead atoms. The topological polar surface area (TPSA) is 32.3 Å². The Kier molecular flexibility index (Phi) is 5.60. The standard InChI is InChI=1S/C21H32N2O/c1-3-22-16-18-9-13-23(14-10-18)20(24)21(11-4-5-12-21)19-8-6-7-17(2)15-19/h6-8,15,18,22H,3-5,9-14,16H2,1-2H3. The second kappa shape index (κ2) is 7.69. The first-order valence-electron chi connectivity index (χ1n) is 9.73. The summed E-state index contributed by atoms with van der Waals surface area (Å²) in [5, 5.41) is 3.45. The van der Waals surface area contributed by atoms with Crippen LogP contribution in [0.2, 0.25) is 0 Å². The highest BCUT2D eigenvalue weighted by Gasteiger charge is 2.45. The summed E-state index contributed by atoms with van der Waals surface area (Å²) in [7, 11) is 0. The van der Waals surface area contributed by atoms with Gasteiger partial charge in [-0.2, -0.15) is 0 Å². The number of nitrogens with one attached hydrogen (secondary N) is 1. The van der Waals surface area contributed by atoms with Gasteiger partial charge in [-0.1, -0.05) is 49.6 Å². The Morgan fingerprint density at radius 1 is 1.25 bits per heavy atom. The lowest BCUT2D eigenvalue weighted by Gasteiger charge is -2.39. The van der Waals surface area contributed by atoms with Crippen LogP contribution in [0.5, 0.6) is 0 Å². The van der Waals surface area contributed by atoms with E-state index in [-0.39, 0.29) is 5.41 Å². The number of nitrogens with zero attached hydrogens (tertiary/aromatic N) is 1. The van der Waals surface area contributed by atoms with Crippen LogP contribution in [0.25, 0.3) is 0 Å². The van der Waals surface area contributed by atoms with Gasteiger partial charge in [0, 0.05) is 13.1 Å². The summed E-state index contributed by atoms with van der Waals surface area (Å²) in [5.41, 5.74) is 2.26. The zero-order valence-corrected chi connectivity index (χ0v) is 15.3. The van der Waals surface area contributed by atoms with Gasteiger partial charge in [-0.25, -0.2) is 0 Å². The van der Waals surface area contributed by atoms with Gasteiger partial charge in [-0.15, -0.1) is 0 Å². The van der Waals surface area contributed by atoms with Crippen molar-refractivity contribution in [3.63, 3.8) is 0 Å². The predicted molar refractivity (Wildman–Crippen MR) is 99.2 cm³/mol. The molecule has 0 aromatic heterocycles. The fraction of sp³-hybridized carbons (Fsp3) is 0.667. The molecule has 2 fully saturated rings. The maximum absolute atomic E-state index is 13.5. The lowest BCUT2D eigenvalue weighted by molar-refractivity contribution is -0.138. The van der Waals surface area contributed by atoms with Gasteiger partial charge in [0.25, 0.3) is 0 Å². The molecule has 3 nitrogen and oxygen atoms in total. The molecule has 0 radical (unpaired) electrons. The molecule has 1 aliphatic carbocycles. The maximum atomic E-state index is 13.5. The first-order chi connectivity index (χ1) is 11.7. The Bertz CT molecular complexity index is 555. The molecule has 132 valence electrons. The van der Waals surface area contributed by atoms with Gasteiger partial charge < -0.3 is 10.2 Å². The second-order valence-electron chi connectivity index (χ2n) is 7.70. The van der Waals surface area contributed by atoms with Crippen molar-refractivity contribution in [3.05, 3.63) is 35.4 Å². The highest BCUT2D eigenvalue weighted by Crippen LogP contribution is 2.43. The van der Waals surface area contributed by atoms with Crippen LogP contribution >= 0.6 is 0 Å². The molecule has 0 atom stereocenters. The largest absolute Gasteiger partial charge is 0.342 e. The highest BCUT2D eigenvalue weighted by atomic mass is 16.2. The van der Waals surface area contributed by atoms with E-state index in [0.29, 0.717) is 5.91 Å². The molecule has 3 heteroatoms. The number of piperidine rings is 1. The number of benzene rings is 1. The van der Waals surface area contributed by atoms with Crippen LogP contribution in [0.4, 0.5) is 0 Å². The van der Waals surface area contributed by atoms with Crippen molar-refractivity contribution >= 4 is 5.91 Å². The summed E-state index contributed by atoms with van der Waals surface area (Å²) in [4.78, 5) is 15.6. The molecule has 1 saturated carbocycles. The SMILES string of the molecule is CCNCC1CCN(C(=O)C2(c3cccc(C)c3)CCCC2)CC1. The van der Waals surface area contributed by atoms with E-state index in [1.54, 1.807) is 0 Å². The molecule has 1 aromatic rings. The second-order valence-corrected chi connectivity index (χ2v) is 7.70. The van der Waals surface area contributed by atoms with Gasteiger partial charge in [-0.3, -0.25) is 4.79 Å². The van der Waals surface area contributed by atoms with Crippen molar-refractivity contribution < 1.29 is 4.79 Å². The van der Waals surface area contributed by atoms with E-state index >= 15 is 0 Å². The molecular formula is C21H32N2O. The summed E-state index contributed by atoms with van der Waals surface area (Å²) in [6.45, 7) is 8.29. The van der Waals surface area contributed by atoms with Crippen molar-refractivity contribution in [1.29, 1.82) is 0 Å². The lowest BCUT2D eigenvalue weighted by Crippen LogP contribution is -2.49. The van der Waals surface area contributed by atoms with E-state index in [4.69, 9.17) is 0 Å². The van der Waals surface area contributed by atoms with Crippen LogP contribution in [-0.4, -0.2) is 37.0 Å². The first-order valence-corrected chi connectivity index (χ1v) is 9.73. The van der Waals surface area contributed by atoms with Crippen molar-refractivity contribution in [2.24, 2.45) is 5.92 Å². The Balaban J connectivity index is 1.72. The Hall–Kier alpha value is -1.35. The Morgan fingerprint density at radius 2 is 1.96 bits per heavy atom. The summed E-state index contributed by atoms with van der Waals surface area (Å²) >= 11 is 0.